The van der Waals surface area contributed by atoms with Gasteiger partial charge in [0.25, 0.3) is 0 Å². The fourth-order valence-electron chi connectivity index (χ4n) is 2.42. The molecule has 1 heterocycles. The van der Waals surface area contributed by atoms with Gasteiger partial charge in [-0.15, -0.1) is 0 Å². The average Bonchev–Trinajstić information content (AvgIpc) is 2.81. The first-order valence-electron chi connectivity index (χ1n) is 6.30. The van der Waals surface area contributed by atoms with Crippen LogP contribution in [-0.2, 0) is 0 Å². The summed E-state index contributed by atoms with van der Waals surface area (Å²) in [6.45, 7) is 6.56. The van der Waals surface area contributed by atoms with Gasteiger partial charge in [-0.1, -0.05) is 37.6 Å². The molecule has 0 aliphatic carbocycles. The summed E-state index contributed by atoms with van der Waals surface area (Å²) in [5.41, 5.74) is 0. The molecule has 1 aliphatic heterocycles. The Balaban J connectivity index is 2.10. The summed E-state index contributed by atoms with van der Waals surface area (Å²) in [6.07, 6.45) is 1.43. The predicted octanol–water partition coefficient (Wildman–Crippen LogP) is 3.35. The lowest BCUT2D eigenvalue weighted by atomic mass is 9.92. The van der Waals surface area contributed by atoms with Crippen molar-refractivity contribution in [3.05, 3.63) is 29.3 Å². The number of hydrogen-bond donors (Lipinski definition) is 1. The molecule has 1 aliphatic rings. The van der Waals surface area contributed by atoms with Crippen molar-refractivity contribution >= 4 is 11.6 Å². The minimum Gasteiger partial charge on any atom is -0.488 e. The van der Waals surface area contributed by atoms with Crippen LogP contribution in [0.2, 0.25) is 5.02 Å². The van der Waals surface area contributed by atoms with E-state index in [9.17, 15) is 0 Å². The van der Waals surface area contributed by atoms with Crippen molar-refractivity contribution < 1.29 is 4.74 Å². The maximum absolute atomic E-state index is 6.14. The summed E-state index contributed by atoms with van der Waals surface area (Å²) < 4.78 is 6.12. The highest BCUT2D eigenvalue weighted by atomic mass is 35.5. The molecule has 1 saturated heterocycles. The van der Waals surface area contributed by atoms with Gasteiger partial charge in [-0.25, -0.2) is 0 Å². The fourth-order valence-corrected chi connectivity index (χ4v) is 2.60. The summed E-state index contributed by atoms with van der Waals surface area (Å²) in [5.74, 6) is 1.89. The minimum absolute atomic E-state index is 0.241. The molecule has 0 bridgehead atoms. The van der Waals surface area contributed by atoms with Crippen LogP contribution < -0.4 is 10.1 Å². The number of para-hydroxylation sites is 1. The first-order chi connectivity index (χ1) is 8.18. The van der Waals surface area contributed by atoms with Gasteiger partial charge in [0.15, 0.2) is 0 Å². The van der Waals surface area contributed by atoms with Gasteiger partial charge < -0.3 is 10.1 Å². The fraction of sp³-hybridized carbons (Fsp3) is 0.571. The highest BCUT2D eigenvalue weighted by molar-refractivity contribution is 6.32. The molecule has 0 amide bonds. The summed E-state index contributed by atoms with van der Waals surface area (Å²) >= 11 is 6.14. The van der Waals surface area contributed by atoms with Crippen LogP contribution in [-0.4, -0.2) is 19.2 Å². The van der Waals surface area contributed by atoms with Gasteiger partial charge in [0.05, 0.1) is 5.02 Å². The monoisotopic (exact) mass is 253 g/mol. The van der Waals surface area contributed by atoms with Crippen molar-refractivity contribution in [3.8, 4) is 5.75 Å². The molecule has 0 radical (unpaired) electrons. The number of ether oxygens (including phenoxy) is 1. The zero-order valence-electron chi connectivity index (χ0n) is 10.4. The zero-order chi connectivity index (χ0) is 12.3. The molecular weight excluding hydrogens is 234 g/mol. The van der Waals surface area contributed by atoms with Gasteiger partial charge in [-0.05, 0) is 31.0 Å². The maximum Gasteiger partial charge on any atom is 0.138 e. The highest BCUT2D eigenvalue weighted by Crippen LogP contribution is 2.29. The van der Waals surface area contributed by atoms with Gasteiger partial charge in [0, 0.05) is 12.5 Å². The Morgan fingerprint density at radius 3 is 2.71 bits per heavy atom. The highest BCUT2D eigenvalue weighted by Gasteiger charge is 2.29. The van der Waals surface area contributed by atoms with Crippen molar-refractivity contribution in [2.45, 2.75) is 26.4 Å². The van der Waals surface area contributed by atoms with Crippen LogP contribution in [0.25, 0.3) is 0 Å². The lowest BCUT2D eigenvalue weighted by Crippen LogP contribution is -2.33. The molecular formula is C14H20ClNO. The Kier molecular flexibility index (Phi) is 4.30. The van der Waals surface area contributed by atoms with Gasteiger partial charge >= 0.3 is 0 Å². The Bertz CT molecular complexity index is 361. The number of hydrogen-bond acceptors (Lipinski definition) is 2. The standard InChI is InChI=1S/C14H20ClNO/c1-10(2)14(11-7-8-16-9-11)17-13-6-4-3-5-12(13)15/h3-6,10-11,14,16H,7-9H2,1-2H3. The topological polar surface area (TPSA) is 21.3 Å². The van der Waals surface area contributed by atoms with E-state index in [4.69, 9.17) is 16.3 Å². The molecule has 1 aromatic carbocycles. The van der Waals surface area contributed by atoms with Gasteiger partial charge in [-0.2, -0.15) is 0 Å². The van der Waals surface area contributed by atoms with E-state index in [1.165, 1.54) is 6.42 Å². The van der Waals surface area contributed by atoms with E-state index in [-0.39, 0.29) is 6.10 Å². The third-order valence-electron chi connectivity index (χ3n) is 3.32. The summed E-state index contributed by atoms with van der Waals surface area (Å²) in [6, 6.07) is 7.71. The van der Waals surface area contributed by atoms with Crippen LogP contribution in [0.1, 0.15) is 20.3 Å². The van der Waals surface area contributed by atoms with Crippen molar-refractivity contribution in [3.63, 3.8) is 0 Å². The molecule has 3 heteroatoms. The van der Waals surface area contributed by atoms with Crippen LogP contribution in [0, 0.1) is 11.8 Å². The summed E-state index contributed by atoms with van der Waals surface area (Å²) in [5, 5.41) is 4.09. The Hall–Kier alpha value is -0.730. The summed E-state index contributed by atoms with van der Waals surface area (Å²) in [4.78, 5) is 0. The zero-order valence-corrected chi connectivity index (χ0v) is 11.2. The minimum atomic E-state index is 0.241. The predicted molar refractivity (Wildman–Crippen MR) is 71.7 cm³/mol. The molecule has 1 fully saturated rings. The van der Waals surface area contributed by atoms with Crippen molar-refractivity contribution in [2.75, 3.05) is 13.1 Å². The molecule has 2 unspecified atom stereocenters. The van der Waals surface area contributed by atoms with Crippen molar-refractivity contribution in [1.82, 2.24) is 5.32 Å². The van der Waals surface area contributed by atoms with Crippen LogP contribution >= 0.6 is 11.6 Å². The molecule has 94 valence electrons. The normalized spacial score (nSPS) is 21.8. The SMILES string of the molecule is CC(C)C(Oc1ccccc1Cl)C1CCNC1. The second-order valence-corrected chi connectivity index (χ2v) is 5.42. The smallest absolute Gasteiger partial charge is 0.138 e. The van der Waals surface area contributed by atoms with Gasteiger partial charge in [0.1, 0.15) is 11.9 Å². The van der Waals surface area contributed by atoms with Crippen molar-refractivity contribution in [1.29, 1.82) is 0 Å². The third kappa shape index (κ3) is 3.14. The first-order valence-corrected chi connectivity index (χ1v) is 6.68. The first kappa shape index (κ1) is 12.7. The second kappa shape index (κ2) is 5.74. The van der Waals surface area contributed by atoms with Crippen LogP contribution in [0.4, 0.5) is 0 Å². The number of nitrogens with one attached hydrogen (secondary N) is 1. The van der Waals surface area contributed by atoms with Crippen LogP contribution in [0.3, 0.4) is 0 Å². The van der Waals surface area contributed by atoms with E-state index in [0.29, 0.717) is 16.9 Å². The second-order valence-electron chi connectivity index (χ2n) is 5.01. The number of rotatable bonds is 4. The lowest BCUT2D eigenvalue weighted by molar-refractivity contribution is 0.0974. The van der Waals surface area contributed by atoms with E-state index in [1.54, 1.807) is 0 Å². The molecule has 1 aromatic rings. The Morgan fingerprint density at radius 2 is 2.12 bits per heavy atom. The maximum atomic E-state index is 6.14. The lowest BCUT2D eigenvalue weighted by Gasteiger charge is -2.28. The van der Waals surface area contributed by atoms with Gasteiger partial charge in [0.2, 0.25) is 0 Å². The molecule has 2 rings (SSSR count). The van der Waals surface area contributed by atoms with E-state index < -0.39 is 0 Å². The molecule has 0 spiro atoms. The van der Waals surface area contributed by atoms with E-state index in [1.807, 2.05) is 24.3 Å². The average molecular weight is 254 g/mol. The molecule has 2 nitrogen and oxygen atoms in total. The molecule has 2 atom stereocenters. The Morgan fingerprint density at radius 1 is 1.35 bits per heavy atom. The summed E-state index contributed by atoms with van der Waals surface area (Å²) in [7, 11) is 0. The number of halogens is 1. The van der Waals surface area contributed by atoms with E-state index >= 15 is 0 Å². The number of benzene rings is 1. The third-order valence-corrected chi connectivity index (χ3v) is 3.63. The largest absolute Gasteiger partial charge is 0.488 e. The molecule has 0 aromatic heterocycles. The van der Waals surface area contributed by atoms with Crippen LogP contribution in [0.15, 0.2) is 24.3 Å². The van der Waals surface area contributed by atoms with E-state index in [0.717, 1.165) is 18.8 Å². The van der Waals surface area contributed by atoms with Crippen molar-refractivity contribution in [2.24, 2.45) is 11.8 Å². The molecule has 0 saturated carbocycles. The quantitative estimate of drug-likeness (QED) is 0.889. The van der Waals surface area contributed by atoms with Gasteiger partial charge in [-0.3, -0.25) is 0 Å². The Labute approximate surface area is 108 Å². The van der Waals surface area contributed by atoms with Crippen LogP contribution in [0.5, 0.6) is 5.75 Å². The molecule has 17 heavy (non-hydrogen) atoms. The van der Waals surface area contributed by atoms with E-state index in [2.05, 4.69) is 19.2 Å². The molecule has 1 N–H and O–H groups in total.